The van der Waals surface area contributed by atoms with E-state index in [1.54, 1.807) is 6.08 Å². The van der Waals surface area contributed by atoms with E-state index < -0.39 is 49.5 Å². The molecular formula is C58H109NO8. The molecule has 7 atom stereocenters. The first-order valence-electron chi connectivity index (χ1n) is 28.7. The van der Waals surface area contributed by atoms with Crippen LogP contribution in [0.2, 0.25) is 0 Å². The van der Waals surface area contributed by atoms with E-state index in [-0.39, 0.29) is 12.5 Å². The van der Waals surface area contributed by atoms with Crippen LogP contribution in [0.5, 0.6) is 0 Å². The van der Waals surface area contributed by atoms with Crippen molar-refractivity contribution in [3.63, 3.8) is 0 Å². The number of carbonyl (C=O) groups excluding carboxylic acids is 1. The van der Waals surface area contributed by atoms with Gasteiger partial charge in [0.15, 0.2) is 6.29 Å². The molecule has 1 fully saturated rings. The van der Waals surface area contributed by atoms with Crippen LogP contribution in [0.25, 0.3) is 0 Å². The molecule has 394 valence electrons. The number of aliphatic hydroxyl groups excluding tert-OH is 5. The molecule has 0 aliphatic carbocycles. The smallest absolute Gasteiger partial charge is 0.220 e. The van der Waals surface area contributed by atoms with Crippen molar-refractivity contribution < 1.29 is 39.8 Å². The number of unbranched alkanes of at least 4 members (excludes halogenated alkanes) is 35. The summed E-state index contributed by atoms with van der Waals surface area (Å²) in [6, 6.07) is -0.816. The topological polar surface area (TPSA) is 149 Å². The van der Waals surface area contributed by atoms with Gasteiger partial charge in [-0.25, -0.2) is 0 Å². The standard InChI is InChI=1S/C58H109NO8/c1-3-5-7-9-11-12-13-14-15-16-17-18-19-20-21-22-23-24-25-26-27-28-29-30-31-32-33-34-35-36-37-38-39-40-42-44-46-48-54(62)59-51(52(61)47-45-43-41-10-8-6-4-2)50-66-58-57(65)56(64)55(63)53(49-60)67-58/h8,10,16-17,45,47,51-53,55-58,60-61,63-65H,3-7,9,11-15,18-44,46,48-50H2,1-2H3,(H,59,62)/b10-8+,17-16-,47-45+. The molecule has 67 heavy (non-hydrogen) atoms. The number of allylic oxidation sites excluding steroid dienone is 5. The molecule has 1 saturated heterocycles. The highest BCUT2D eigenvalue weighted by Crippen LogP contribution is 2.23. The molecule has 0 aromatic rings. The third-order valence-corrected chi connectivity index (χ3v) is 13.7. The Morgan fingerprint density at radius 2 is 0.881 bits per heavy atom. The summed E-state index contributed by atoms with van der Waals surface area (Å²) >= 11 is 0. The van der Waals surface area contributed by atoms with Gasteiger partial charge in [-0.3, -0.25) is 4.79 Å². The molecule has 9 heteroatoms. The van der Waals surface area contributed by atoms with E-state index in [9.17, 15) is 30.3 Å². The summed E-state index contributed by atoms with van der Waals surface area (Å²) in [7, 11) is 0. The Labute approximate surface area is 412 Å². The largest absolute Gasteiger partial charge is 0.394 e. The maximum absolute atomic E-state index is 12.9. The molecule has 9 nitrogen and oxygen atoms in total. The van der Waals surface area contributed by atoms with E-state index in [0.717, 1.165) is 44.9 Å². The number of amides is 1. The van der Waals surface area contributed by atoms with Crippen molar-refractivity contribution in [1.82, 2.24) is 5.32 Å². The molecule has 6 N–H and O–H groups in total. The zero-order valence-electron chi connectivity index (χ0n) is 43.7. The second kappa shape index (κ2) is 48.1. The average Bonchev–Trinajstić information content (AvgIpc) is 3.33. The van der Waals surface area contributed by atoms with Crippen LogP contribution in [0.4, 0.5) is 0 Å². The van der Waals surface area contributed by atoms with Crippen LogP contribution in [0.15, 0.2) is 36.5 Å². The molecule has 1 aliphatic rings. The Hall–Kier alpha value is -1.59. The van der Waals surface area contributed by atoms with Crippen molar-refractivity contribution in [2.24, 2.45) is 0 Å². The minimum Gasteiger partial charge on any atom is -0.394 e. The van der Waals surface area contributed by atoms with Gasteiger partial charge < -0.3 is 40.3 Å². The summed E-state index contributed by atoms with van der Waals surface area (Å²) in [5, 5.41) is 54.0. The van der Waals surface area contributed by atoms with Crippen LogP contribution in [0, 0.1) is 0 Å². The lowest BCUT2D eigenvalue weighted by molar-refractivity contribution is -0.302. The summed E-state index contributed by atoms with van der Waals surface area (Å²) in [6.45, 7) is 3.66. The summed E-state index contributed by atoms with van der Waals surface area (Å²) in [5.74, 6) is -0.188. The number of rotatable bonds is 49. The van der Waals surface area contributed by atoms with Crippen molar-refractivity contribution >= 4 is 5.91 Å². The van der Waals surface area contributed by atoms with Gasteiger partial charge in [-0.15, -0.1) is 0 Å². The van der Waals surface area contributed by atoms with Gasteiger partial charge in [0, 0.05) is 6.42 Å². The molecule has 1 heterocycles. The fraction of sp³-hybridized carbons (Fsp3) is 0.879. The predicted octanol–water partition coefficient (Wildman–Crippen LogP) is 14.0. The lowest BCUT2D eigenvalue weighted by Crippen LogP contribution is -2.60. The summed E-state index contributed by atoms with van der Waals surface area (Å²) in [5.41, 5.74) is 0. The summed E-state index contributed by atoms with van der Waals surface area (Å²) < 4.78 is 11.2. The molecule has 0 radical (unpaired) electrons. The van der Waals surface area contributed by atoms with Gasteiger partial charge in [0.2, 0.25) is 5.91 Å². The lowest BCUT2D eigenvalue weighted by Gasteiger charge is -2.40. The number of aliphatic hydroxyl groups is 5. The van der Waals surface area contributed by atoms with E-state index in [2.05, 4.69) is 43.5 Å². The number of ether oxygens (including phenoxy) is 2. The zero-order valence-corrected chi connectivity index (χ0v) is 43.7. The normalized spacial score (nSPS) is 19.9. The van der Waals surface area contributed by atoms with Crippen molar-refractivity contribution in [3.8, 4) is 0 Å². The minimum absolute atomic E-state index is 0.188. The van der Waals surface area contributed by atoms with Crippen LogP contribution in [0.3, 0.4) is 0 Å². The number of hydrogen-bond acceptors (Lipinski definition) is 8. The van der Waals surface area contributed by atoms with Gasteiger partial charge in [-0.1, -0.05) is 249 Å². The van der Waals surface area contributed by atoms with E-state index >= 15 is 0 Å². The van der Waals surface area contributed by atoms with Gasteiger partial charge in [0.25, 0.3) is 0 Å². The SMILES string of the molecule is CCC/C=C/CC/C=C/C(O)C(COC1OC(CO)C(O)C(O)C1O)NC(=O)CCCCCCCCCCCCCCCCCCCCCCCCCCC/C=C\CCCCCCCCCC. The Balaban J connectivity index is 1.97. The van der Waals surface area contributed by atoms with Gasteiger partial charge in [0.1, 0.15) is 24.4 Å². The highest BCUT2D eigenvalue weighted by atomic mass is 16.7. The Morgan fingerprint density at radius 1 is 0.493 bits per heavy atom. The monoisotopic (exact) mass is 948 g/mol. The summed E-state index contributed by atoms with van der Waals surface area (Å²) in [6.07, 6.45) is 55.8. The number of carbonyl (C=O) groups is 1. The lowest BCUT2D eigenvalue weighted by atomic mass is 9.99. The Morgan fingerprint density at radius 3 is 1.31 bits per heavy atom. The highest BCUT2D eigenvalue weighted by Gasteiger charge is 2.44. The molecule has 1 rings (SSSR count). The van der Waals surface area contributed by atoms with E-state index in [0.29, 0.717) is 6.42 Å². The van der Waals surface area contributed by atoms with E-state index in [1.165, 1.54) is 205 Å². The van der Waals surface area contributed by atoms with Gasteiger partial charge in [0.05, 0.1) is 25.4 Å². The number of nitrogens with one attached hydrogen (secondary N) is 1. The zero-order chi connectivity index (χ0) is 48.7. The molecule has 0 saturated carbocycles. The average molecular weight is 949 g/mol. The fourth-order valence-electron chi connectivity index (χ4n) is 9.12. The Bertz CT molecular complexity index is 1150. The van der Waals surface area contributed by atoms with Gasteiger partial charge >= 0.3 is 0 Å². The van der Waals surface area contributed by atoms with E-state index in [1.807, 2.05) is 6.08 Å². The molecule has 0 aromatic carbocycles. The first-order valence-corrected chi connectivity index (χ1v) is 28.7. The van der Waals surface area contributed by atoms with Crippen molar-refractivity contribution in [3.05, 3.63) is 36.5 Å². The predicted molar refractivity (Wildman–Crippen MR) is 281 cm³/mol. The van der Waals surface area contributed by atoms with Crippen molar-refractivity contribution in [2.45, 2.75) is 314 Å². The van der Waals surface area contributed by atoms with Crippen LogP contribution in [-0.4, -0.2) is 87.5 Å². The third kappa shape index (κ3) is 37.9. The molecule has 0 bridgehead atoms. The van der Waals surface area contributed by atoms with Crippen LogP contribution in [-0.2, 0) is 14.3 Å². The molecule has 1 aliphatic heterocycles. The first kappa shape index (κ1) is 63.4. The van der Waals surface area contributed by atoms with Crippen molar-refractivity contribution in [2.75, 3.05) is 13.2 Å². The third-order valence-electron chi connectivity index (χ3n) is 13.7. The van der Waals surface area contributed by atoms with Gasteiger partial charge in [-0.05, 0) is 51.4 Å². The fourth-order valence-corrected chi connectivity index (χ4v) is 9.12. The summed E-state index contributed by atoms with van der Waals surface area (Å²) in [4.78, 5) is 12.9. The molecule has 7 unspecified atom stereocenters. The molecular weight excluding hydrogens is 839 g/mol. The first-order chi connectivity index (χ1) is 32.8. The van der Waals surface area contributed by atoms with Crippen LogP contribution < -0.4 is 5.32 Å². The second-order valence-electron chi connectivity index (χ2n) is 20.1. The molecule has 0 spiro atoms. The van der Waals surface area contributed by atoms with Crippen molar-refractivity contribution in [1.29, 1.82) is 0 Å². The van der Waals surface area contributed by atoms with Crippen LogP contribution in [0.1, 0.15) is 271 Å². The second-order valence-corrected chi connectivity index (χ2v) is 20.1. The van der Waals surface area contributed by atoms with E-state index in [4.69, 9.17) is 9.47 Å². The molecule has 1 amide bonds. The quantitative estimate of drug-likeness (QED) is 0.0261. The maximum atomic E-state index is 12.9. The highest BCUT2D eigenvalue weighted by molar-refractivity contribution is 5.76. The van der Waals surface area contributed by atoms with Crippen LogP contribution >= 0.6 is 0 Å². The minimum atomic E-state index is -1.57. The Kier molecular flexibility index (Phi) is 45.5. The number of hydrogen-bond donors (Lipinski definition) is 6. The maximum Gasteiger partial charge on any atom is 0.220 e. The van der Waals surface area contributed by atoms with Gasteiger partial charge in [-0.2, -0.15) is 0 Å². The molecule has 0 aromatic heterocycles.